The van der Waals surface area contributed by atoms with Crippen LogP contribution in [0.4, 0.5) is 0 Å². The fraction of sp³-hybridized carbons (Fsp3) is 0.444. The van der Waals surface area contributed by atoms with Crippen molar-refractivity contribution >= 4 is 5.97 Å². The Labute approximate surface area is 76.1 Å². The van der Waals surface area contributed by atoms with Crippen LogP contribution in [0.1, 0.15) is 12.8 Å². The first-order chi connectivity index (χ1) is 6.06. The highest BCUT2D eigenvalue weighted by atomic mass is 16.6. The molecule has 1 unspecified atom stereocenters. The first-order valence-electron chi connectivity index (χ1n) is 3.92. The van der Waals surface area contributed by atoms with Crippen molar-refractivity contribution in [1.29, 1.82) is 0 Å². The zero-order valence-corrected chi connectivity index (χ0v) is 7.36. The Morgan fingerprint density at radius 2 is 2.46 bits per heavy atom. The summed E-state index contributed by atoms with van der Waals surface area (Å²) in [5, 5.41) is 18.1. The van der Waals surface area contributed by atoms with Crippen LogP contribution in [0.3, 0.4) is 0 Å². The zero-order chi connectivity index (χ0) is 9.90. The van der Waals surface area contributed by atoms with Gasteiger partial charge in [0.25, 0.3) is 0 Å². The van der Waals surface area contributed by atoms with E-state index in [4.69, 9.17) is 9.84 Å². The van der Waals surface area contributed by atoms with Crippen LogP contribution in [-0.2, 0) is 9.53 Å². The summed E-state index contributed by atoms with van der Waals surface area (Å²) in [4.78, 5) is 10.4. The average molecular weight is 184 g/mol. The minimum Gasteiger partial charge on any atom is -0.481 e. The van der Waals surface area contributed by atoms with Crippen molar-refractivity contribution < 1.29 is 19.7 Å². The Morgan fingerprint density at radius 3 is 3.00 bits per heavy atom. The van der Waals surface area contributed by atoms with Gasteiger partial charge in [-0.15, -0.1) is 0 Å². The maximum absolute atomic E-state index is 10.4. The molecule has 2 N–H and O–H groups in total. The Bertz CT molecular complexity index is 267. The lowest BCUT2D eigenvalue weighted by Gasteiger charge is -2.25. The van der Waals surface area contributed by atoms with Gasteiger partial charge in [-0.3, -0.25) is 4.79 Å². The summed E-state index contributed by atoms with van der Waals surface area (Å²) in [6, 6.07) is 0. The predicted molar refractivity (Wildman–Crippen MR) is 46.1 cm³/mol. The molecule has 1 aliphatic rings. The van der Waals surface area contributed by atoms with Crippen molar-refractivity contribution in [3.63, 3.8) is 0 Å². The number of rotatable bonds is 3. The van der Waals surface area contributed by atoms with Crippen LogP contribution < -0.4 is 0 Å². The number of aliphatic hydroxyl groups is 1. The van der Waals surface area contributed by atoms with E-state index in [9.17, 15) is 9.90 Å². The second-order valence-corrected chi connectivity index (χ2v) is 2.98. The van der Waals surface area contributed by atoms with E-state index in [2.05, 4.69) is 0 Å². The van der Waals surface area contributed by atoms with E-state index >= 15 is 0 Å². The third-order valence-electron chi connectivity index (χ3n) is 1.90. The van der Waals surface area contributed by atoms with Crippen molar-refractivity contribution in [2.75, 3.05) is 7.11 Å². The number of methoxy groups -OCH3 is 1. The Balaban J connectivity index is 2.66. The third kappa shape index (κ3) is 2.68. The van der Waals surface area contributed by atoms with Crippen LogP contribution in [-0.4, -0.2) is 29.1 Å². The van der Waals surface area contributed by atoms with E-state index in [0.29, 0.717) is 5.57 Å². The lowest BCUT2D eigenvalue weighted by Crippen LogP contribution is -2.30. The van der Waals surface area contributed by atoms with Crippen LogP contribution in [0.15, 0.2) is 23.8 Å². The van der Waals surface area contributed by atoms with Gasteiger partial charge in [0.2, 0.25) is 0 Å². The molecule has 1 atom stereocenters. The summed E-state index contributed by atoms with van der Waals surface area (Å²) in [5.41, 5.74) is 0.652. The molecule has 1 rings (SSSR count). The van der Waals surface area contributed by atoms with Crippen molar-refractivity contribution in [1.82, 2.24) is 0 Å². The highest BCUT2D eigenvalue weighted by Crippen LogP contribution is 2.25. The van der Waals surface area contributed by atoms with E-state index < -0.39 is 11.8 Å². The fourth-order valence-electron chi connectivity index (χ4n) is 1.23. The largest absolute Gasteiger partial charge is 0.481 e. The van der Waals surface area contributed by atoms with Crippen LogP contribution in [0.2, 0.25) is 0 Å². The van der Waals surface area contributed by atoms with Gasteiger partial charge in [0.05, 0.1) is 6.42 Å². The van der Waals surface area contributed by atoms with Gasteiger partial charge in [0.15, 0.2) is 5.79 Å². The van der Waals surface area contributed by atoms with Gasteiger partial charge in [-0.05, 0) is 6.08 Å². The summed E-state index contributed by atoms with van der Waals surface area (Å²) in [5.74, 6) is -2.24. The zero-order valence-electron chi connectivity index (χ0n) is 7.36. The van der Waals surface area contributed by atoms with E-state index in [0.717, 1.165) is 0 Å². The summed E-state index contributed by atoms with van der Waals surface area (Å²) in [7, 11) is 1.38. The van der Waals surface area contributed by atoms with Crippen LogP contribution in [0.5, 0.6) is 0 Å². The molecule has 4 heteroatoms. The highest BCUT2D eigenvalue weighted by Gasteiger charge is 2.26. The van der Waals surface area contributed by atoms with Gasteiger partial charge in [-0.25, -0.2) is 0 Å². The molecule has 0 amide bonds. The second-order valence-electron chi connectivity index (χ2n) is 2.98. The molecule has 0 spiro atoms. The lowest BCUT2D eigenvalue weighted by atomic mass is 9.97. The molecule has 0 fully saturated rings. The summed E-state index contributed by atoms with van der Waals surface area (Å²) in [6.07, 6.45) is 4.94. The SMILES string of the molecule is COC1(O)C=CC=C(CC(=O)O)C1. The molecule has 0 radical (unpaired) electrons. The molecule has 13 heavy (non-hydrogen) atoms. The molecule has 0 saturated carbocycles. The third-order valence-corrected chi connectivity index (χ3v) is 1.90. The number of hydrogen-bond donors (Lipinski definition) is 2. The Hall–Kier alpha value is -1.13. The number of carboxylic acid groups (broad SMARTS) is 1. The molecular formula is C9H12O4. The minimum absolute atomic E-state index is 0.0595. The van der Waals surface area contributed by atoms with Gasteiger partial charge in [-0.1, -0.05) is 17.7 Å². The van der Waals surface area contributed by atoms with Crippen molar-refractivity contribution in [2.45, 2.75) is 18.6 Å². The lowest BCUT2D eigenvalue weighted by molar-refractivity contribution is -0.147. The van der Waals surface area contributed by atoms with Crippen LogP contribution >= 0.6 is 0 Å². The number of carboxylic acids is 1. The Kier molecular flexibility index (Phi) is 2.85. The van der Waals surface area contributed by atoms with Crippen LogP contribution in [0, 0.1) is 0 Å². The predicted octanol–water partition coefficient (Wildman–Crippen LogP) is 0.682. The summed E-state index contributed by atoms with van der Waals surface area (Å²) in [6.45, 7) is 0. The molecule has 4 nitrogen and oxygen atoms in total. The molecule has 0 aromatic carbocycles. The summed E-state index contributed by atoms with van der Waals surface area (Å²) >= 11 is 0. The van der Waals surface area contributed by atoms with Gasteiger partial charge in [-0.2, -0.15) is 0 Å². The molecule has 0 aliphatic heterocycles. The van der Waals surface area contributed by atoms with E-state index in [1.165, 1.54) is 13.2 Å². The van der Waals surface area contributed by atoms with Gasteiger partial charge in [0, 0.05) is 13.5 Å². The fourth-order valence-corrected chi connectivity index (χ4v) is 1.23. The molecule has 0 saturated heterocycles. The topological polar surface area (TPSA) is 66.8 Å². The second kappa shape index (κ2) is 3.72. The molecule has 72 valence electrons. The first kappa shape index (κ1) is 9.95. The number of allylic oxidation sites excluding steroid dienone is 2. The minimum atomic E-state index is -1.33. The maximum Gasteiger partial charge on any atom is 0.307 e. The number of carbonyl (C=O) groups is 1. The molecule has 1 aliphatic carbocycles. The molecule has 0 aromatic rings. The highest BCUT2D eigenvalue weighted by molar-refractivity contribution is 5.70. The van der Waals surface area contributed by atoms with Crippen molar-refractivity contribution in [2.24, 2.45) is 0 Å². The van der Waals surface area contributed by atoms with Crippen LogP contribution in [0.25, 0.3) is 0 Å². The average Bonchev–Trinajstić information content (AvgIpc) is 2.03. The first-order valence-corrected chi connectivity index (χ1v) is 3.92. The van der Waals surface area contributed by atoms with Gasteiger partial charge >= 0.3 is 5.97 Å². The molecule has 0 heterocycles. The smallest absolute Gasteiger partial charge is 0.307 e. The number of hydrogen-bond acceptors (Lipinski definition) is 3. The number of aliphatic carboxylic acids is 1. The quantitative estimate of drug-likeness (QED) is 0.633. The standard InChI is InChI=1S/C9H12O4/c1-13-9(12)4-2-3-7(6-9)5-8(10)11/h2-4,12H,5-6H2,1H3,(H,10,11). The van der Waals surface area contributed by atoms with E-state index in [1.807, 2.05) is 0 Å². The Morgan fingerprint density at radius 1 is 1.77 bits per heavy atom. The monoisotopic (exact) mass is 184 g/mol. The van der Waals surface area contributed by atoms with Gasteiger partial charge in [0.1, 0.15) is 0 Å². The number of ether oxygens (including phenoxy) is 1. The van der Waals surface area contributed by atoms with E-state index in [-0.39, 0.29) is 12.8 Å². The molecular weight excluding hydrogens is 172 g/mol. The van der Waals surface area contributed by atoms with Crippen molar-refractivity contribution in [3.8, 4) is 0 Å². The molecule has 0 aromatic heterocycles. The maximum atomic E-state index is 10.4. The summed E-state index contributed by atoms with van der Waals surface area (Å²) < 4.78 is 4.83. The van der Waals surface area contributed by atoms with Crippen molar-refractivity contribution in [3.05, 3.63) is 23.8 Å². The normalized spacial score (nSPS) is 27.1. The van der Waals surface area contributed by atoms with E-state index in [1.54, 1.807) is 12.2 Å². The van der Waals surface area contributed by atoms with Gasteiger partial charge < -0.3 is 14.9 Å². The molecule has 0 bridgehead atoms.